The summed E-state index contributed by atoms with van der Waals surface area (Å²) in [6.45, 7) is 0. The molecule has 2 aromatic rings. The van der Waals surface area contributed by atoms with Gasteiger partial charge in [-0.05, 0) is 37.0 Å². The molecule has 102 valence electrons. The number of H-pyrrole nitrogens is 1. The van der Waals surface area contributed by atoms with Gasteiger partial charge in [0.1, 0.15) is 0 Å². The number of hydrogen-bond acceptors (Lipinski definition) is 4. The molecule has 0 saturated heterocycles. The molecule has 0 saturated carbocycles. The summed E-state index contributed by atoms with van der Waals surface area (Å²) in [4.78, 5) is 24.9. The van der Waals surface area contributed by atoms with Crippen LogP contribution >= 0.6 is 0 Å². The van der Waals surface area contributed by atoms with Crippen molar-refractivity contribution in [3.8, 4) is 0 Å². The van der Waals surface area contributed by atoms with Gasteiger partial charge >= 0.3 is 5.76 Å². The number of nitrogens with two attached hydrogens (primary N) is 1. The third kappa shape index (κ3) is 3.45. The minimum Gasteiger partial charge on any atom is -0.408 e. The Kier molecular flexibility index (Phi) is 4.01. The first-order chi connectivity index (χ1) is 9.06. The van der Waals surface area contributed by atoms with E-state index in [0.29, 0.717) is 17.5 Å². The number of hydrazine groups is 1. The minimum atomic E-state index is -0.441. The number of nitrogens with one attached hydrogen (secondary N) is 1. The van der Waals surface area contributed by atoms with Gasteiger partial charge in [-0.1, -0.05) is 6.07 Å². The van der Waals surface area contributed by atoms with E-state index in [0.717, 1.165) is 29.8 Å². The third-order valence-electron chi connectivity index (χ3n) is 2.98. The van der Waals surface area contributed by atoms with E-state index in [1.165, 1.54) is 0 Å². The van der Waals surface area contributed by atoms with Gasteiger partial charge in [-0.2, -0.15) is 0 Å². The van der Waals surface area contributed by atoms with E-state index in [1.807, 2.05) is 18.2 Å². The van der Waals surface area contributed by atoms with Gasteiger partial charge in [-0.25, -0.2) is 10.6 Å². The molecule has 0 bridgehead atoms. The van der Waals surface area contributed by atoms with Crippen molar-refractivity contribution < 1.29 is 9.21 Å². The number of aryl methyl sites for hydroxylation is 1. The number of carbonyl (C=O) groups excluding carboxylic acids is 1. The standard InChI is InChI=1S/C13H17N3O3/c1-16(14)12(17)5-3-2-4-9-6-7-10-11(8-9)19-13(18)15-10/h6-8H,2-5,14H2,1H3,(H,15,18). The highest BCUT2D eigenvalue weighted by molar-refractivity contribution is 5.75. The Morgan fingerprint density at radius 3 is 2.95 bits per heavy atom. The van der Waals surface area contributed by atoms with E-state index in [4.69, 9.17) is 10.3 Å². The lowest BCUT2D eigenvalue weighted by atomic mass is 10.1. The smallest absolute Gasteiger partial charge is 0.408 e. The number of aromatic amines is 1. The Morgan fingerprint density at radius 2 is 2.21 bits per heavy atom. The molecule has 1 heterocycles. The number of nitrogens with zero attached hydrogens (tertiary/aromatic N) is 1. The lowest BCUT2D eigenvalue weighted by Crippen LogP contribution is -2.32. The van der Waals surface area contributed by atoms with Gasteiger partial charge in [0.2, 0.25) is 5.91 Å². The van der Waals surface area contributed by atoms with Gasteiger partial charge in [0.05, 0.1) is 5.52 Å². The zero-order valence-corrected chi connectivity index (χ0v) is 10.8. The van der Waals surface area contributed by atoms with E-state index in [9.17, 15) is 9.59 Å². The minimum absolute atomic E-state index is 0.0629. The van der Waals surface area contributed by atoms with Gasteiger partial charge in [0.25, 0.3) is 0 Å². The number of amides is 1. The number of unbranched alkanes of at least 4 members (excludes halogenated alkanes) is 1. The topological polar surface area (TPSA) is 92.3 Å². The first kappa shape index (κ1) is 13.4. The fourth-order valence-corrected chi connectivity index (χ4v) is 1.93. The van der Waals surface area contributed by atoms with Crippen molar-refractivity contribution in [1.29, 1.82) is 0 Å². The molecule has 1 aromatic heterocycles. The van der Waals surface area contributed by atoms with E-state index in [2.05, 4.69) is 4.98 Å². The molecule has 6 nitrogen and oxygen atoms in total. The van der Waals surface area contributed by atoms with Crippen LogP contribution in [-0.4, -0.2) is 22.9 Å². The van der Waals surface area contributed by atoms with Crippen LogP contribution < -0.4 is 11.6 Å². The Labute approximate surface area is 110 Å². The number of rotatable bonds is 5. The maximum Gasteiger partial charge on any atom is 0.417 e. The zero-order chi connectivity index (χ0) is 13.8. The summed E-state index contributed by atoms with van der Waals surface area (Å²) in [6, 6.07) is 5.63. The SMILES string of the molecule is CN(N)C(=O)CCCCc1ccc2[nH]c(=O)oc2c1. The normalized spacial score (nSPS) is 10.8. The summed E-state index contributed by atoms with van der Waals surface area (Å²) in [6.07, 6.45) is 2.97. The molecule has 0 aliphatic heterocycles. The number of fused-ring (bicyclic) bond motifs is 1. The first-order valence-corrected chi connectivity index (χ1v) is 6.19. The molecule has 0 aliphatic rings. The molecule has 1 aromatic carbocycles. The van der Waals surface area contributed by atoms with E-state index < -0.39 is 5.76 Å². The molecule has 2 rings (SSSR count). The summed E-state index contributed by atoms with van der Waals surface area (Å²) >= 11 is 0. The highest BCUT2D eigenvalue weighted by atomic mass is 16.4. The molecule has 0 unspecified atom stereocenters. The third-order valence-corrected chi connectivity index (χ3v) is 2.98. The van der Waals surface area contributed by atoms with Crippen molar-refractivity contribution in [2.45, 2.75) is 25.7 Å². The highest BCUT2D eigenvalue weighted by Gasteiger charge is 2.05. The van der Waals surface area contributed by atoms with E-state index in [-0.39, 0.29) is 5.91 Å². The maximum absolute atomic E-state index is 11.3. The van der Waals surface area contributed by atoms with Crippen LogP contribution in [0.1, 0.15) is 24.8 Å². The molecule has 0 aliphatic carbocycles. The van der Waals surface area contributed by atoms with Crippen LogP contribution in [0.3, 0.4) is 0 Å². The summed E-state index contributed by atoms with van der Waals surface area (Å²) in [5, 5.41) is 1.11. The van der Waals surface area contributed by atoms with Crippen molar-refractivity contribution in [1.82, 2.24) is 9.99 Å². The predicted octanol–water partition coefficient (Wildman–Crippen LogP) is 1.17. The van der Waals surface area contributed by atoms with E-state index >= 15 is 0 Å². The van der Waals surface area contributed by atoms with Crippen molar-refractivity contribution in [2.75, 3.05) is 7.05 Å². The fraction of sp³-hybridized carbons (Fsp3) is 0.385. The molecule has 3 N–H and O–H groups in total. The van der Waals surface area contributed by atoms with Crippen LogP contribution in [0.2, 0.25) is 0 Å². The molecule has 19 heavy (non-hydrogen) atoms. The Bertz CT molecular complexity index is 627. The van der Waals surface area contributed by atoms with Gasteiger partial charge in [0, 0.05) is 13.5 Å². The zero-order valence-electron chi connectivity index (χ0n) is 10.8. The highest BCUT2D eigenvalue weighted by Crippen LogP contribution is 2.14. The van der Waals surface area contributed by atoms with Gasteiger partial charge in [0.15, 0.2) is 5.58 Å². The van der Waals surface area contributed by atoms with Gasteiger partial charge in [-0.3, -0.25) is 14.8 Å². The molecule has 0 radical (unpaired) electrons. The number of carbonyl (C=O) groups is 1. The van der Waals surface area contributed by atoms with Crippen LogP contribution in [-0.2, 0) is 11.2 Å². The van der Waals surface area contributed by atoms with Crippen molar-refractivity contribution in [3.05, 3.63) is 34.3 Å². The number of hydrogen-bond donors (Lipinski definition) is 2. The molecular weight excluding hydrogens is 246 g/mol. The Balaban J connectivity index is 1.88. The van der Waals surface area contributed by atoms with Gasteiger partial charge in [-0.15, -0.1) is 0 Å². The molecular formula is C13H17N3O3. The molecule has 1 amide bonds. The van der Waals surface area contributed by atoms with Crippen molar-refractivity contribution in [3.63, 3.8) is 0 Å². The predicted molar refractivity (Wildman–Crippen MR) is 71.3 cm³/mol. The average molecular weight is 263 g/mol. The maximum atomic E-state index is 11.3. The number of oxazole rings is 1. The lowest BCUT2D eigenvalue weighted by Gasteiger charge is -2.09. The van der Waals surface area contributed by atoms with Crippen LogP contribution in [0.25, 0.3) is 11.1 Å². The number of aromatic nitrogens is 1. The Morgan fingerprint density at radius 1 is 1.42 bits per heavy atom. The molecule has 0 atom stereocenters. The monoisotopic (exact) mass is 263 g/mol. The van der Waals surface area contributed by atoms with Crippen LogP contribution in [0.5, 0.6) is 0 Å². The van der Waals surface area contributed by atoms with Crippen LogP contribution in [0, 0.1) is 0 Å². The summed E-state index contributed by atoms with van der Waals surface area (Å²) in [7, 11) is 1.55. The summed E-state index contributed by atoms with van der Waals surface area (Å²) < 4.78 is 5.00. The second-order valence-electron chi connectivity index (χ2n) is 4.56. The quantitative estimate of drug-likeness (QED) is 0.366. The second kappa shape index (κ2) is 5.71. The van der Waals surface area contributed by atoms with Crippen molar-refractivity contribution in [2.24, 2.45) is 5.84 Å². The molecule has 0 fully saturated rings. The molecule has 6 heteroatoms. The van der Waals surface area contributed by atoms with E-state index in [1.54, 1.807) is 7.05 Å². The largest absolute Gasteiger partial charge is 0.417 e. The Hall–Kier alpha value is -2.08. The fourth-order valence-electron chi connectivity index (χ4n) is 1.93. The van der Waals surface area contributed by atoms with Gasteiger partial charge < -0.3 is 4.42 Å². The van der Waals surface area contributed by atoms with Crippen LogP contribution in [0.15, 0.2) is 27.4 Å². The number of benzene rings is 1. The first-order valence-electron chi connectivity index (χ1n) is 6.19. The average Bonchev–Trinajstić information content (AvgIpc) is 2.73. The molecule has 0 spiro atoms. The second-order valence-corrected chi connectivity index (χ2v) is 4.56. The summed E-state index contributed by atoms with van der Waals surface area (Å²) in [5.74, 6) is 4.83. The van der Waals surface area contributed by atoms with Crippen LogP contribution in [0.4, 0.5) is 0 Å². The summed E-state index contributed by atoms with van der Waals surface area (Å²) in [5.41, 5.74) is 2.36. The van der Waals surface area contributed by atoms with Crippen molar-refractivity contribution >= 4 is 17.0 Å². The lowest BCUT2D eigenvalue weighted by molar-refractivity contribution is -0.130.